The Kier molecular flexibility index (Phi) is 5.79. The first-order valence-corrected chi connectivity index (χ1v) is 18.9. The maximum absolute atomic E-state index is 12.8. The average Bonchev–Trinajstić information content (AvgIpc) is 2.62. The molecule has 1 aromatic heterocycles. The van der Waals surface area contributed by atoms with Crippen molar-refractivity contribution in [3.63, 3.8) is 0 Å². The van der Waals surface area contributed by atoms with E-state index in [0.29, 0.717) is 0 Å². The molecular formula is C20H27N3OSn. The maximum atomic E-state index is 12.8. The van der Waals surface area contributed by atoms with Crippen LogP contribution < -0.4 is 3.58 Å². The number of carbonyl (C=O) groups is 1. The number of piperazine rings is 1. The molecule has 132 valence electrons. The van der Waals surface area contributed by atoms with Crippen LogP contribution in [0.25, 0.3) is 0 Å². The quantitative estimate of drug-likeness (QED) is 0.681. The SMILES string of the molecule is [CH3][Sn]([CH3])([CH3])[c]1cncc(C(=O)N2CCN(Cc3ccccc3)CC2)c1. The summed E-state index contributed by atoms with van der Waals surface area (Å²) in [5.74, 6) is 0.129. The first kappa shape index (κ1) is 18.4. The fourth-order valence-corrected chi connectivity index (χ4v) is 6.10. The topological polar surface area (TPSA) is 36.4 Å². The normalized spacial score (nSPS) is 16.0. The summed E-state index contributed by atoms with van der Waals surface area (Å²) in [4.78, 5) is 28.6. The van der Waals surface area contributed by atoms with Crippen LogP contribution in [0.3, 0.4) is 0 Å². The summed E-state index contributed by atoms with van der Waals surface area (Å²) in [6, 6.07) is 12.6. The minimum absolute atomic E-state index is 0.129. The second-order valence-corrected chi connectivity index (χ2v) is 22.3. The fraction of sp³-hybridized carbons (Fsp3) is 0.400. The van der Waals surface area contributed by atoms with Crippen LogP contribution in [0.15, 0.2) is 48.8 Å². The van der Waals surface area contributed by atoms with Gasteiger partial charge in [-0.25, -0.2) is 0 Å². The van der Waals surface area contributed by atoms with Crippen molar-refractivity contribution in [2.75, 3.05) is 26.2 Å². The monoisotopic (exact) mass is 445 g/mol. The van der Waals surface area contributed by atoms with Crippen LogP contribution in [0.5, 0.6) is 0 Å². The van der Waals surface area contributed by atoms with Crippen LogP contribution in [-0.2, 0) is 6.54 Å². The molecule has 1 amide bonds. The first-order chi connectivity index (χ1) is 11.9. The van der Waals surface area contributed by atoms with Crippen molar-refractivity contribution in [3.8, 4) is 0 Å². The van der Waals surface area contributed by atoms with Crippen LogP contribution in [0, 0.1) is 0 Å². The molecule has 0 aliphatic carbocycles. The van der Waals surface area contributed by atoms with Gasteiger partial charge in [0.15, 0.2) is 0 Å². The third kappa shape index (κ3) is 4.82. The number of aromatic nitrogens is 1. The molecule has 1 aliphatic rings. The van der Waals surface area contributed by atoms with Crippen LogP contribution in [0.2, 0.25) is 14.8 Å². The van der Waals surface area contributed by atoms with Crippen molar-refractivity contribution in [2.24, 2.45) is 0 Å². The second-order valence-electron chi connectivity index (χ2n) is 7.77. The van der Waals surface area contributed by atoms with Crippen LogP contribution in [0.1, 0.15) is 15.9 Å². The molecule has 0 N–H and O–H groups in total. The van der Waals surface area contributed by atoms with Gasteiger partial charge >= 0.3 is 149 Å². The molecule has 0 bridgehead atoms. The number of carbonyl (C=O) groups excluding carboxylic acids is 1. The molecule has 1 aromatic carbocycles. The van der Waals surface area contributed by atoms with Crippen molar-refractivity contribution in [2.45, 2.75) is 21.4 Å². The average molecular weight is 444 g/mol. The van der Waals surface area contributed by atoms with Gasteiger partial charge in [0.05, 0.1) is 0 Å². The van der Waals surface area contributed by atoms with E-state index in [9.17, 15) is 4.79 Å². The van der Waals surface area contributed by atoms with Crippen LogP contribution >= 0.6 is 0 Å². The Labute approximate surface area is 154 Å². The third-order valence-corrected chi connectivity index (χ3v) is 10.5. The number of pyridine rings is 1. The second kappa shape index (κ2) is 7.87. The van der Waals surface area contributed by atoms with Gasteiger partial charge in [-0.15, -0.1) is 0 Å². The molecule has 1 saturated heterocycles. The molecule has 4 nitrogen and oxygen atoms in total. The molecule has 0 radical (unpaired) electrons. The van der Waals surface area contributed by atoms with Crippen molar-refractivity contribution >= 4 is 27.9 Å². The van der Waals surface area contributed by atoms with E-state index in [1.807, 2.05) is 17.2 Å². The zero-order valence-corrected chi connectivity index (χ0v) is 18.3. The Morgan fingerprint density at radius 2 is 1.72 bits per heavy atom. The van der Waals surface area contributed by atoms with Gasteiger partial charge in [-0.1, -0.05) is 6.07 Å². The van der Waals surface area contributed by atoms with E-state index in [0.717, 1.165) is 38.3 Å². The molecule has 1 aliphatic heterocycles. The van der Waals surface area contributed by atoms with Gasteiger partial charge in [-0.05, 0) is 0 Å². The molecule has 0 unspecified atom stereocenters. The van der Waals surface area contributed by atoms with Crippen molar-refractivity contribution < 1.29 is 4.79 Å². The molecular weight excluding hydrogens is 417 g/mol. The van der Waals surface area contributed by atoms with Gasteiger partial charge in [-0.3, -0.25) is 0 Å². The summed E-state index contributed by atoms with van der Waals surface area (Å²) in [5, 5.41) is 0. The van der Waals surface area contributed by atoms with Crippen LogP contribution in [-0.4, -0.2) is 65.2 Å². The molecule has 1 fully saturated rings. The molecule has 0 atom stereocenters. The molecule has 3 rings (SSSR count). The van der Waals surface area contributed by atoms with Gasteiger partial charge in [0.1, 0.15) is 0 Å². The molecule has 2 heterocycles. The van der Waals surface area contributed by atoms with Crippen LogP contribution in [0.4, 0.5) is 0 Å². The molecule has 25 heavy (non-hydrogen) atoms. The summed E-state index contributed by atoms with van der Waals surface area (Å²) in [6.07, 6.45) is 3.67. The van der Waals surface area contributed by atoms with E-state index in [1.54, 1.807) is 6.20 Å². The van der Waals surface area contributed by atoms with E-state index in [1.165, 1.54) is 9.14 Å². The van der Waals surface area contributed by atoms with Crippen molar-refractivity contribution in [3.05, 3.63) is 59.9 Å². The van der Waals surface area contributed by atoms with Crippen molar-refractivity contribution in [1.29, 1.82) is 0 Å². The van der Waals surface area contributed by atoms with E-state index < -0.39 is 18.4 Å². The molecule has 5 heteroatoms. The first-order valence-electron chi connectivity index (χ1n) is 8.94. The number of amides is 1. The Morgan fingerprint density at radius 1 is 1.04 bits per heavy atom. The standard InChI is InChI=1S/C17H18N3O.3CH3.Sn/c21-17(16-7-4-8-18-13-16)20-11-9-19(10-12-20)14-15-5-2-1-3-6-15;;;;/h1-3,5-8,13H,9-12,14H2;3*1H3;. The number of hydrogen-bond donors (Lipinski definition) is 0. The number of nitrogens with zero attached hydrogens (tertiary/aromatic N) is 3. The van der Waals surface area contributed by atoms with E-state index in [2.05, 4.69) is 55.0 Å². The van der Waals surface area contributed by atoms with E-state index >= 15 is 0 Å². The Hall–Kier alpha value is -1.40. The van der Waals surface area contributed by atoms with E-state index in [4.69, 9.17) is 0 Å². The predicted molar refractivity (Wildman–Crippen MR) is 105 cm³/mol. The number of hydrogen-bond acceptors (Lipinski definition) is 3. The summed E-state index contributed by atoms with van der Waals surface area (Å²) in [7, 11) is 0. The summed E-state index contributed by atoms with van der Waals surface area (Å²) in [6.45, 7) is 4.38. The Bertz CT molecular complexity index is 719. The summed E-state index contributed by atoms with van der Waals surface area (Å²) >= 11 is -2.20. The molecule has 0 spiro atoms. The Balaban J connectivity index is 1.60. The van der Waals surface area contributed by atoms with Crippen molar-refractivity contribution in [1.82, 2.24) is 14.8 Å². The molecule has 2 aromatic rings. The predicted octanol–water partition coefficient (Wildman–Crippen LogP) is 2.58. The van der Waals surface area contributed by atoms with Gasteiger partial charge in [0.25, 0.3) is 0 Å². The van der Waals surface area contributed by atoms with Gasteiger partial charge in [0.2, 0.25) is 0 Å². The summed E-state index contributed by atoms with van der Waals surface area (Å²) in [5.41, 5.74) is 2.08. The molecule has 0 saturated carbocycles. The fourth-order valence-electron chi connectivity index (χ4n) is 3.10. The van der Waals surface area contributed by atoms with Gasteiger partial charge < -0.3 is 0 Å². The number of rotatable bonds is 4. The third-order valence-electron chi connectivity index (χ3n) is 4.76. The van der Waals surface area contributed by atoms with Gasteiger partial charge in [0, 0.05) is 0 Å². The zero-order valence-electron chi connectivity index (χ0n) is 15.4. The summed E-state index contributed by atoms with van der Waals surface area (Å²) < 4.78 is 1.31. The zero-order chi connectivity index (χ0) is 17.9. The minimum atomic E-state index is -2.20. The number of benzene rings is 1. The van der Waals surface area contributed by atoms with E-state index in [-0.39, 0.29) is 5.91 Å². The van der Waals surface area contributed by atoms with Gasteiger partial charge in [-0.2, -0.15) is 0 Å². The Morgan fingerprint density at radius 3 is 2.36 bits per heavy atom.